The van der Waals surface area contributed by atoms with Gasteiger partial charge in [0, 0.05) is 0 Å². The van der Waals surface area contributed by atoms with E-state index < -0.39 is 0 Å². The number of fused-ring (bicyclic) bond motifs is 2. The summed E-state index contributed by atoms with van der Waals surface area (Å²) < 4.78 is 5.73. The first-order valence-corrected chi connectivity index (χ1v) is 6.43. The number of hydrogen-bond donors (Lipinski definition) is 1. The van der Waals surface area contributed by atoms with Crippen LogP contribution in [0.5, 0.6) is 0 Å². The summed E-state index contributed by atoms with van der Waals surface area (Å²) in [5.74, 6) is 0.803. The van der Waals surface area contributed by atoms with Crippen molar-refractivity contribution in [2.45, 2.75) is 57.8 Å². The maximum Gasteiger partial charge on any atom is 0.117 e. The third kappa shape index (κ3) is 1.15. The van der Waals surface area contributed by atoms with Crippen molar-refractivity contribution in [3.8, 4) is 0 Å². The van der Waals surface area contributed by atoms with E-state index >= 15 is 0 Å². The SMILES string of the molecule is C=C1[C@H]2CCCC(C)(C)[C@@H]2[C@H](O)[C@H]2O[C@@]12C. The maximum atomic E-state index is 10.5. The molecule has 0 bridgehead atoms. The lowest BCUT2D eigenvalue weighted by molar-refractivity contribution is -0.0408. The number of epoxide rings is 1. The third-order valence-electron chi connectivity index (χ3n) is 5.29. The van der Waals surface area contributed by atoms with Crippen LogP contribution in [0.25, 0.3) is 0 Å². The third-order valence-corrected chi connectivity index (χ3v) is 5.29. The fraction of sp³-hybridized carbons (Fsp3) is 0.857. The van der Waals surface area contributed by atoms with Gasteiger partial charge in [-0.05, 0) is 42.6 Å². The minimum Gasteiger partial charge on any atom is -0.390 e. The molecule has 0 amide bonds. The predicted octanol–water partition coefficient (Wildman–Crippen LogP) is 2.52. The average Bonchev–Trinajstić information content (AvgIpc) is 2.88. The highest BCUT2D eigenvalue weighted by Gasteiger charge is 2.67. The molecule has 0 unspecified atom stereocenters. The van der Waals surface area contributed by atoms with Crippen molar-refractivity contribution in [1.82, 2.24) is 0 Å². The van der Waals surface area contributed by atoms with Crippen LogP contribution in [0.15, 0.2) is 12.2 Å². The minimum atomic E-state index is -0.296. The first-order valence-electron chi connectivity index (χ1n) is 6.43. The molecular weight excluding hydrogens is 200 g/mol. The summed E-state index contributed by atoms with van der Waals surface area (Å²) in [4.78, 5) is 0. The first kappa shape index (κ1) is 10.8. The van der Waals surface area contributed by atoms with E-state index in [1.165, 1.54) is 24.8 Å². The molecule has 1 aliphatic heterocycles. The van der Waals surface area contributed by atoms with E-state index in [9.17, 15) is 5.11 Å². The summed E-state index contributed by atoms with van der Waals surface area (Å²) in [7, 11) is 0. The molecule has 2 heteroatoms. The zero-order valence-electron chi connectivity index (χ0n) is 10.5. The molecule has 1 saturated heterocycles. The topological polar surface area (TPSA) is 32.8 Å². The monoisotopic (exact) mass is 222 g/mol. The number of aliphatic hydroxyl groups excluding tert-OH is 1. The van der Waals surface area contributed by atoms with Gasteiger partial charge in [0.25, 0.3) is 0 Å². The summed E-state index contributed by atoms with van der Waals surface area (Å²) in [6, 6.07) is 0. The Hall–Kier alpha value is -0.340. The van der Waals surface area contributed by atoms with Gasteiger partial charge in [0.1, 0.15) is 11.7 Å². The fourth-order valence-electron chi connectivity index (χ4n) is 4.20. The van der Waals surface area contributed by atoms with Gasteiger partial charge in [0.05, 0.1) is 6.10 Å². The molecule has 90 valence electrons. The van der Waals surface area contributed by atoms with Crippen LogP contribution in [0.1, 0.15) is 40.0 Å². The van der Waals surface area contributed by atoms with E-state index in [1.807, 2.05) is 0 Å². The van der Waals surface area contributed by atoms with Crippen LogP contribution >= 0.6 is 0 Å². The highest BCUT2D eigenvalue weighted by molar-refractivity contribution is 5.33. The van der Waals surface area contributed by atoms with Gasteiger partial charge in [-0.1, -0.05) is 26.8 Å². The Kier molecular flexibility index (Phi) is 1.96. The van der Waals surface area contributed by atoms with E-state index in [0.717, 1.165) is 0 Å². The molecule has 3 aliphatic rings. The quantitative estimate of drug-likeness (QED) is 0.504. The molecule has 2 nitrogen and oxygen atoms in total. The van der Waals surface area contributed by atoms with Crippen LogP contribution in [-0.2, 0) is 4.74 Å². The molecule has 2 saturated carbocycles. The van der Waals surface area contributed by atoms with Gasteiger partial charge in [-0.3, -0.25) is 0 Å². The lowest BCUT2D eigenvalue weighted by Gasteiger charge is -2.49. The number of hydrogen-bond acceptors (Lipinski definition) is 2. The van der Waals surface area contributed by atoms with E-state index in [2.05, 4.69) is 27.4 Å². The van der Waals surface area contributed by atoms with Gasteiger partial charge in [0.15, 0.2) is 0 Å². The lowest BCUT2D eigenvalue weighted by atomic mass is 9.55. The van der Waals surface area contributed by atoms with E-state index in [4.69, 9.17) is 4.74 Å². The van der Waals surface area contributed by atoms with Gasteiger partial charge in [-0.15, -0.1) is 0 Å². The molecule has 0 radical (unpaired) electrons. The van der Waals surface area contributed by atoms with E-state index in [-0.39, 0.29) is 23.2 Å². The zero-order valence-corrected chi connectivity index (χ0v) is 10.5. The number of aliphatic hydroxyl groups is 1. The van der Waals surface area contributed by atoms with Gasteiger partial charge in [0.2, 0.25) is 0 Å². The van der Waals surface area contributed by atoms with Crippen molar-refractivity contribution in [1.29, 1.82) is 0 Å². The molecule has 0 aromatic carbocycles. The summed E-state index contributed by atoms with van der Waals surface area (Å²) >= 11 is 0. The Morgan fingerprint density at radius 2 is 2.06 bits per heavy atom. The van der Waals surface area contributed by atoms with Gasteiger partial charge in [-0.25, -0.2) is 0 Å². The van der Waals surface area contributed by atoms with Crippen LogP contribution in [0.2, 0.25) is 0 Å². The average molecular weight is 222 g/mol. The van der Waals surface area contributed by atoms with Crippen LogP contribution in [0, 0.1) is 17.3 Å². The van der Waals surface area contributed by atoms with Crippen LogP contribution in [0.3, 0.4) is 0 Å². The number of ether oxygens (including phenoxy) is 1. The van der Waals surface area contributed by atoms with Crippen molar-refractivity contribution in [2.24, 2.45) is 17.3 Å². The highest BCUT2D eigenvalue weighted by atomic mass is 16.6. The van der Waals surface area contributed by atoms with Gasteiger partial charge < -0.3 is 9.84 Å². The Morgan fingerprint density at radius 1 is 1.38 bits per heavy atom. The molecule has 1 N–H and O–H groups in total. The van der Waals surface area contributed by atoms with Crippen molar-refractivity contribution >= 4 is 0 Å². The Balaban J connectivity index is 1.99. The van der Waals surface area contributed by atoms with Crippen LogP contribution < -0.4 is 0 Å². The zero-order chi connectivity index (χ0) is 11.7. The molecule has 0 spiro atoms. The van der Waals surface area contributed by atoms with E-state index in [0.29, 0.717) is 11.8 Å². The van der Waals surface area contributed by atoms with Crippen molar-refractivity contribution < 1.29 is 9.84 Å². The Morgan fingerprint density at radius 3 is 2.75 bits per heavy atom. The first-order chi connectivity index (χ1) is 7.38. The molecule has 5 atom stereocenters. The summed E-state index contributed by atoms with van der Waals surface area (Å²) in [6.45, 7) is 10.9. The molecular formula is C14H22O2. The molecule has 3 rings (SSSR count). The summed E-state index contributed by atoms with van der Waals surface area (Å²) in [6.07, 6.45) is 3.35. The predicted molar refractivity (Wildman–Crippen MR) is 63.0 cm³/mol. The second-order valence-corrected chi connectivity index (χ2v) is 6.67. The standard InChI is InChI=1S/C14H22O2/c1-8-9-6-5-7-13(2,3)10(9)11(15)12-14(8,4)16-12/h9-12,15H,1,5-7H2,2-4H3/t9-,10+,11+,12-,14+/m1/s1. The highest BCUT2D eigenvalue weighted by Crippen LogP contribution is 2.61. The molecule has 16 heavy (non-hydrogen) atoms. The van der Waals surface area contributed by atoms with Gasteiger partial charge in [-0.2, -0.15) is 0 Å². The smallest absolute Gasteiger partial charge is 0.117 e. The Bertz CT molecular complexity index is 347. The van der Waals surface area contributed by atoms with Crippen molar-refractivity contribution in [2.75, 3.05) is 0 Å². The maximum absolute atomic E-state index is 10.5. The molecule has 2 aliphatic carbocycles. The van der Waals surface area contributed by atoms with Crippen LogP contribution in [-0.4, -0.2) is 22.9 Å². The number of rotatable bonds is 0. The second-order valence-electron chi connectivity index (χ2n) is 6.67. The van der Waals surface area contributed by atoms with Crippen molar-refractivity contribution in [3.05, 3.63) is 12.2 Å². The van der Waals surface area contributed by atoms with E-state index in [1.54, 1.807) is 0 Å². The summed E-state index contributed by atoms with van der Waals surface area (Å²) in [5.41, 5.74) is 1.24. The minimum absolute atomic E-state index is 0.0126. The van der Waals surface area contributed by atoms with Crippen LogP contribution in [0.4, 0.5) is 0 Å². The summed E-state index contributed by atoms with van der Waals surface area (Å²) in [5, 5.41) is 10.5. The molecule has 0 aromatic heterocycles. The largest absolute Gasteiger partial charge is 0.390 e. The Labute approximate surface area is 97.7 Å². The normalized spacial score (nSPS) is 54.1. The molecule has 0 aromatic rings. The lowest BCUT2D eigenvalue weighted by Crippen LogP contribution is -2.51. The fourth-order valence-corrected chi connectivity index (χ4v) is 4.20. The molecule has 3 fully saturated rings. The van der Waals surface area contributed by atoms with Gasteiger partial charge >= 0.3 is 0 Å². The molecule has 1 heterocycles. The second kappa shape index (κ2) is 2.91. The van der Waals surface area contributed by atoms with Crippen molar-refractivity contribution in [3.63, 3.8) is 0 Å².